The van der Waals surface area contributed by atoms with E-state index < -0.39 is 18.2 Å². The molecule has 0 unspecified atom stereocenters. The van der Waals surface area contributed by atoms with Crippen LogP contribution >= 0.6 is 0 Å². The Morgan fingerprint density at radius 1 is 0.946 bits per heavy atom. The van der Waals surface area contributed by atoms with Crippen LogP contribution < -0.4 is 5.32 Å². The Kier molecular flexibility index (Phi) is 11.2. The van der Waals surface area contributed by atoms with Crippen molar-refractivity contribution in [2.75, 3.05) is 27.3 Å². The van der Waals surface area contributed by atoms with E-state index >= 15 is 0 Å². The summed E-state index contributed by atoms with van der Waals surface area (Å²) in [5.74, 6) is 7.77. The Morgan fingerprint density at radius 2 is 1.70 bits per heavy atom. The molecule has 2 aliphatic heterocycles. The van der Waals surface area contributed by atoms with Gasteiger partial charge in [0.25, 0.3) is 0 Å². The molecule has 4 heterocycles. The Bertz CT molecular complexity index is 2160. The van der Waals surface area contributed by atoms with Gasteiger partial charge in [-0.2, -0.15) is 4.89 Å². The molecule has 2 aromatic heterocycles. The molecule has 3 fully saturated rings. The van der Waals surface area contributed by atoms with Gasteiger partial charge in [0.05, 0.1) is 49.2 Å². The number of methoxy groups -OCH3 is 1. The minimum Gasteiger partial charge on any atom is -0.453 e. The number of carbonyl (C=O) groups excluding carboxylic acids is 3. The number of rotatable bonds is 11. The van der Waals surface area contributed by atoms with Crippen LogP contribution in [0.3, 0.4) is 0 Å². The van der Waals surface area contributed by atoms with Crippen molar-refractivity contribution in [1.29, 1.82) is 0 Å². The van der Waals surface area contributed by atoms with Crippen molar-refractivity contribution in [2.24, 2.45) is 22.2 Å². The van der Waals surface area contributed by atoms with E-state index in [1.807, 2.05) is 75.1 Å². The van der Waals surface area contributed by atoms with Gasteiger partial charge in [-0.25, -0.2) is 19.8 Å². The normalized spacial score (nSPS) is 19.8. The average Bonchev–Trinajstić information content (AvgIpc) is 3.68. The van der Waals surface area contributed by atoms with Crippen LogP contribution in [0.2, 0.25) is 0 Å². The summed E-state index contributed by atoms with van der Waals surface area (Å²) in [6.07, 6.45) is 7.08. The van der Waals surface area contributed by atoms with E-state index in [2.05, 4.69) is 42.0 Å². The Hall–Kier alpha value is -5.68. The smallest absolute Gasteiger partial charge is 0.407 e. The number of aliphatic imine (C=N–C) groups is 1. The molecular weight excluding hydrogens is 713 g/mol. The van der Waals surface area contributed by atoms with Gasteiger partial charge in [-0.1, -0.05) is 51.7 Å². The number of hydrogen-bond acceptors (Lipinski definition) is 9. The van der Waals surface area contributed by atoms with E-state index in [1.165, 1.54) is 20.6 Å². The average molecular weight is 763 g/mol. The fourth-order valence-electron chi connectivity index (χ4n) is 7.88. The summed E-state index contributed by atoms with van der Waals surface area (Å²) in [5, 5.41) is 2.69. The predicted octanol–water partition coefficient (Wildman–Crippen LogP) is 6.08. The Labute approximate surface area is 326 Å². The number of likely N-dealkylation sites (tertiary alicyclic amines) is 2. The molecule has 0 bridgehead atoms. The summed E-state index contributed by atoms with van der Waals surface area (Å²) in [6, 6.07) is 12.2. The predicted molar refractivity (Wildman–Crippen MR) is 210 cm³/mol. The van der Waals surface area contributed by atoms with Crippen LogP contribution in [0.4, 0.5) is 4.79 Å². The molecule has 0 radical (unpaired) electrons. The number of nitrogens with zero attached hydrogens (tertiary/aromatic N) is 5. The molecule has 3 N–H and O–H groups in total. The molecule has 7 rings (SSSR count). The molecular formula is C42H50N8O6. The van der Waals surface area contributed by atoms with Crippen LogP contribution in [-0.2, 0) is 24.1 Å². The SMILES string of the molecule is COOC=N[C@H](C(=O)N1CC2(CC2)C[C@H]1c1nc2ccc(C#Cc3ccc(-c4cnc([C@@H]5CCCN5C(=O)[C@@H](NC(=O)OC)C(C)C)[nH]4)cc3)cc2[nH]1)C(C)C. The number of amides is 3. The zero-order valence-corrected chi connectivity index (χ0v) is 32.8. The fourth-order valence-corrected chi connectivity index (χ4v) is 7.88. The lowest BCUT2D eigenvalue weighted by Crippen LogP contribution is -2.51. The van der Waals surface area contributed by atoms with Gasteiger partial charge in [0, 0.05) is 24.2 Å². The number of ether oxygens (including phenoxy) is 1. The third-order valence-corrected chi connectivity index (χ3v) is 11.2. The molecule has 4 atom stereocenters. The third-order valence-electron chi connectivity index (χ3n) is 11.2. The van der Waals surface area contributed by atoms with Crippen LogP contribution in [0, 0.1) is 29.1 Å². The standard InChI is InChI=1S/C42H50N8O6/c1-25(2)35(44-24-56-55-6)39(51)50-23-42(17-18-42)21-34(50)38-45-30-16-13-28(20-31(30)46-38)10-9-27-11-14-29(15-12-27)32-22-43-37(47-32)33-8-7-19-49(33)40(52)36(26(3)4)48-41(53)54-5/h11-16,20,22,24-26,33-36H,7-8,17-19,21,23H2,1-6H3,(H,43,47)(H,45,46)(H,48,53)/t33-,34-,35-,36-/m0/s1. The minimum absolute atomic E-state index is 0.0172. The number of fused-ring (bicyclic) bond motifs is 1. The number of aromatic nitrogens is 4. The van der Waals surface area contributed by atoms with Gasteiger partial charge in [0.2, 0.25) is 18.2 Å². The van der Waals surface area contributed by atoms with Gasteiger partial charge in [-0.15, -0.1) is 0 Å². The van der Waals surface area contributed by atoms with Crippen LogP contribution in [0.1, 0.15) is 94.7 Å². The maximum atomic E-state index is 13.9. The maximum absolute atomic E-state index is 13.9. The van der Waals surface area contributed by atoms with Crippen molar-refractivity contribution < 1.29 is 28.9 Å². The summed E-state index contributed by atoms with van der Waals surface area (Å²) in [7, 11) is 2.69. The van der Waals surface area contributed by atoms with Gasteiger partial charge >= 0.3 is 6.09 Å². The van der Waals surface area contributed by atoms with E-state index in [-0.39, 0.29) is 41.1 Å². The second-order valence-electron chi connectivity index (χ2n) is 15.8. The third kappa shape index (κ3) is 8.14. The number of imidazole rings is 2. The zero-order valence-electron chi connectivity index (χ0n) is 32.8. The lowest BCUT2D eigenvalue weighted by atomic mass is 10.0. The second-order valence-corrected chi connectivity index (χ2v) is 15.8. The second kappa shape index (κ2) is 16.2. The lowest BCUT2D eigenvalue weighted by molar-refractivity contribution is -0.188. The van der Waals surface area contributed by atoms with Crippen molar-refractivity contribution in [3.63, 3.8) is 0 Å². The molecule has 4 aromatic rings. The molecule has 2 saturated heterocycles. The van der Waals surface area contributed by atoms with E-state index in [1.54, 1.807) is 11.1 Å². The van der Waals surface area contributed by atoms with Gasteiger partial charge in [0.15, 0.2) is 0 Å². The summed E-state index contributed by atoms with van der Waals surface area (Å²) in [4.78, 5) is 73.5. The van der Waals surface area contributed by atoms with E-state index in [4.69, 9.17) is 14.6 Å². The van der Waals surface area contributed by atoms with Crippen molar-refractivity contribution >= 4 is 35.3 Å². The maximum Gasteiger partial charge on any atom is 0.407 e. The topological polar surface area (TPSA) is 167 Å². The summed E-state index contributed by atoms with van der Waals surface area (Å²) in [5.41, 5.74) is 5.35. The zero-order chi connectivity index (χ0) is 39.6. The van der Waals surface area contributed by atoms with Crippen LogP contribution in [0.5, 0.6) is 0 Å². The molecule has 1 saturated carbocycles. The number of nitrogens with one attached hydrogen (secondary N) is 3. The van der Waals surface area contributed by atoms with Gasteiger partial charge in [-0.3, -0.25) is 9.59 Å². The number of benzene rings is 2. The molecule has 294 valence electrons. The monoisotopic (exact) mass is 762 g/mol. The van der Waals surface area contributed by atoms with Crippen molar-refractivity contribution in [1.82, 2.24) is 35.1 Å². The highest BCUT2D eigenvalue weighted by Crippen LogP contribution is 2.58. The number of carbonyl (C=O) groups is 3. The summed E-state index contributed by atoms with van der Waals surface area (Å²) < 4.78 is 4.75. The van der Waals surface area contributed by atoms with Gasteiger partial charge in [-0.05, 0) is 85.3 Å². The highest BCUT2D eigenvalue weighted by molar-refractivity contribution is 5.87. The molecule has 3 amide bonds. The lowest BCUT2D eigenvalue weighted by Gasteiger charge is -2.30. The molecule has 56 heavy (non-hydrogen) atoms. The number of alkyl carbamates (subject to hydrolysis) is 1. The van der Waals surface area contributed by atoms with E-state index in [0.29, 0.717) is 18.9 Å². The molecule has 1 spiro atoms. The quantitative estimate of drug-likeness (QED) is 0.0544. The first kappa shape index (κ1) is 38.6. The fraction of sp³-hybridized carbons (Fsp3) is 0.476. The molecule has 14 heteroatoms. The van der Waals surface area contributed by atoms with Crippen LogP contribution in [0.15, 0.2) is 53.7 Å². The van der Waals surface area contributed by atoms with E-state index in [0.717, 1.165) is 71.3 Å². The van der Waals surface area contributed by atoms with Crippen molar-refractivity contribution in [3.8, 4) is 23.1 Å². The van der Waals surface area contributed by atoms with E-state index in [9.17, 15) is 14.4 Å². The van der Waals surface area contributed by atoms with Crippen molar-refractivity contribution in [3.05, 3.63) is 71.4 Å². The molecule has 14 nitrogen and oxygen atoms in total. The van der Waals surface area contributed by atoms with Gasteiger partial charge in [0.1, 0.15) is 23.7 Å². The highest BCUT2D eigenvalue weighted by atomic mass is 17.2. The Balaban J connectivity index is 1.03. The number of aromatic amines is 2. The largest absolute Gasteiger partial charge is 0.453 e. The number of hydrogen-bond donors (Lipinski definition) is 3. The first-order valence-corrected chi connectivity index (χ1v) is 19.3. The van der Waals surface area contributed by atoms with Crippen LogP contribution in [-0.4, -0.2) is 93.4 Å². The minimum atomic E-state index is -0.688. The summed E-state index contributed by atoms with van der Waals surface area (Å²) in [6.45, 7) is 9.05. The molecule has 3 aliphatic rings. The number of H-pyrrole nitrogens is 2. The summed E-state index contributed by atoms with van der Waals surface area (Å²) >= 11 is 0. The van der Waals surface area contributed by atoms with Crippen LogP contribution in [0.25, 0.3) is 22.3 Å². The van der Waals surface area contributed by atoms with Crippen molar-refractivity contribution in [2.45, 2.75) is 84.0 Å². The Morgan fingerprint density at radius 3 is 2.39 bits per heavy atom. The molecule has 2 aromatic carbocycles. The highest BCUT2D eigenvalue weighted by Gasteiger charge is 2.55. The van der Waals surface area contributed by atoms with Gasteiger partial charge < -0.3 is 34.7 Å². The first-order valence-electron chi connectivity index (χ1n) is 19.3. The first-order chi connectivity index (χ1) is 27.0. The molecule has 1 aliphatic carbocycles.